The van der Waals surface area contributed by atoms with Crippen LogP contribution in [-0.4, -0.2) is 21.5 Å². The molecule has 8 heteroatoms. The number of halogens is 3. The fourth-order valence-electron chi connectivity index (χ4n) is 2.19. The van der Waals surface area contributed by atoms with Gasteiger partial charge in [0.2, 0.25) is 5.95 Å². The molecule has 2 aromatic heterocycles. The summed E-state index contributed by atoms with van der Waals surface area (Å²) in [5, 5.41) is 5.44. The van der Waals surface area contributed by atoms with E-state index in [9.17, 15) is 13.2 Å². The first-order valence-electron chi connectivity index (χ1n) is 7.52. The van der Waals surface area contributed by atoms with Gasteiger partial charge in [0.25, 0.3) is 0 Å². The molecule has 0 aliphatic heterocycles. The molecule has 1 aromatic carbocycles. The first kappa shape index (κ1) is 16.7. The second-order valence-electron chi connectivity index (χ2n) is 5.07. The van der Waals surface area contributed by atoms with Crippen molar-refractivity contribution in [2.45, 2.75) is 6.92 Å². The summed E-state index contributed by atoms with van der Waals surface area (Å²) >= 11 is 0. The lowest BCUT2D eigenvalue weighted by Crippen LogP contribution is -2.07. The van der Waals surface area contributed by atoms with Gasteiger partial charge in [-0.05, 0) is 31.2 Å². The average Bonchev–Trinajstić information content (AvgIpc) is 2.63. The number of pyridine rings is 1. The van der Waals surface area contributed by atoms with Crippen molar-refractivity contribution < 1.29 is 13.2 Å². The van der Waals surface area contributed by atoms with E-state index in [1.165, 1.54) is 6.07 Å². The lowest BCUT2D eigenvalue weighted by molar-refractivity contribution is 0.499. The SMILES string of the molecule is CCNc1nc(Nc2c(F)ccc(F)c2F)cc(-c2ccncc2)n1. The number of aromatic nitrogens is 3. The Bertz CT molecular complexity index is 887. The second-order valence-corrected chi connectivity index (χ2v) is 5.07. The van der Waals surface area contributed by atoms with Crippen LogP contribution in [0.15, 0.2) is 42.7 Å². The average molecular weight is 345 g/mol. The van der Waals surface area contributed by atoms with Crippen molar-refractivity contribution >= 4 is 17.5 Å². The molecule has 3 aromatic rings. The fraction of sp³-hybridized carbons (Fsp3) is 0.118. The quantitative estimate of drug-likeness (QED) is 0.681. The Labute approximate surface area is 142 Å². The van der Waals surface area contributed by atoms with E-state index in [4.69, 9.17) is 0 Å². The van der Waals surface area contributed by atoms with Crippen LogP contribution in [0.5, 0.6) is 0 Å². The van der Waals surface area contributed by atoms with Gasteiger partial charge in [-0.1, -0.05) is 0 Å². The number of hydrogen-bond acceptors (Lipinski definition) is 5. The van der Waals surface area contributed by atoms with Crippen LogP contribution in [0.1, 0.15) is 6.92 Å². The highest BCUT2D eigenvalue weighted by Crippen LogP contribution is 2.27. The summed E-state index contributed by atoms with van der Waals surface area (Å²) in [6.07, 6.45) is 3.20. The molecule has 0 bridgehead atoms. The number of nitrogens with one attached hydrogen (secondary N) is 2. The van der Waals surface area contributed by atoms with Gasteiger partial charge in [0.15, 0.2) is 11.6 Å². The van der Waals surface area contributed by atoms with Crippen molar-refractivity contribution in [2.24, 2.45) is 0 Å². The Morgan fingerprint density at radius 1 is 0.960 bits per heavy atom. The van der Waals surface area contributed by atoms with Gasteiger partial charge in [0, 0.05) is 30.6 Å². The highest BCUT2D eigenvalue weighted by molar-refractivity contribution is 5.67. The zero-order valence-corrected chi connectivity index (χ0v) is 13.2. The van der Waals surface area contributed by atoms with Crippen LogP contribution >= 0.6 is 0 Å². The highest BCUT2D eigenvalue weighted by atomic mass is 19.2. The van der Waals surface area contributed by atoms with Crippen LogP contribution in [0, 0.1) is 17.5 Å². The van der Waals surface area contributed by atoms with Crippen molar-refractivity contribution in [1.29, 1.82) is 0 Å². The molecule has 0 amide bonds. The summed E-state index contributed by atoms with van der Waals surface area (Å²) in [4.78, 5) is 12.4. The molecule has 0 fully saturated rings. The largest absolute Gasteiger partial charge is 0.354 e. The van der Waals surface area contributed by atoms with Crippen LogP contribution in [0.4, 0.5) is 30.6 Å². The number of benzene rings is 1. The molecule has 0 aliphatic carbocycles. The Hall–Kier alpha value is -3.16. The Morgan fingerprint density at radius 3 is 2.40 bits per heavy atom. The molecule has 0 spiro atoms. The molecule has 128 valence electrons. The molecule has 2 N–H and O–H groups in total. The summed E-state index contributed by atoms with van der Waals surface area (Å²) in [6.45, 7) is 2.42. The monoisotopic (exact) mass is 345 g/mol. The zero-order valence-electron chi connectivity index (χ0n) is 13.2. The molecule has 3 rings (SSSR count). The standard InChI is InChI=1S/C17H14F3N5/c1-2-22-17-23-13(10-5-7-21-8-6-10)9-14(25-17)24-16-12(19)4-3-11(18)15(16)20/h3-9H,2H2,1H3,(H2,22,23,24,25). The Morgan fingerprint density at radius 2 is 1.68 bits per heavy atom. The van der Waals surface area contributed by atoms with Crippen LogP contribution in [0.3, 0.4) is 0 Å². The van der Waals surface area contributed by atoms with Crippen LogP contribution < -0.4 is 10.6 Å². The Balaban J connectivity index is 2.04. The Kier molecular flexibility index (Phi) is 4.78. The predicted octanol–water partition coefficient (Wildman–Crippen LogP) is 4.13. The number of rotatable bonds is 5. The van der Waals surface area contributed by atoms with E-state index < -0.39 is 23.1 Å². The first-order chi connectivity index (χ1) is 12.1. The van der Waals surface area contributed by atoms with Crippen LogP contribution in [-0.2, 0) is 0 Å². The smallest absolute Gasteiger partial charge is 0.225 e. The van der Waals surface area contributed by atoms with Gasteiger partial charge >= 0.3 is 0 Å². The van der Waals surface area contributed by atoms with Crippen molar-refractivity contribution in [2.75, 3.05) is 17.2 Å². The van der Waals surface area contributed by atoms with Gasteiger partial charge in [-0.3, -0.25) is 4.98 Å². The third kappa shape index (κ3) is 3.68. The van der Waals surface area contributed by atoms with E-state index in [-0.39, 0.29) is 11.8 Å². The van der Waals surface area contributed by atoms with E-state index in [1.54, 1.807) is 24.5 Å². The normalized spacial score (nSPS) is 10.6. The summed E-state index contributed by atoms with van der Waals surface area (Å²) in [5.74, 6) is -2.99. The predicted molar refractivity (Wildman–Crippen MR) is 89.0 cm³/mol. The van der Waals surface area contributed by atoms with Crippen molar-refractivity contribution in [3.05, 3.63) is 60.2 Å². The van der Waals surface area contributed by atoms with Crippen LogP contribution in [0.25, 0.3) is 11.3 Å². The van der Waals surface area contributed by atoms with Crippen LogP contribution in [0.2, 0.25) is 0 Å². The first-order valence-corrected chi connectivity index (χ1v) is 7.52. The van der Waals surface area contributed by atoms with Gasteiger partial charge in [-0.2, -0.15) is 4.98 Å². The topological polar surface area (TPSA) is 62.7 Å². The molecule has 0 saturated carbocycles. The van der Waals surface area contributed by atoms with E-state index in [0.717, 1.165) is 17.7 Å². The fourth-order valence-corrected chi connectivity index (χ4v) is 2.19. The van der Waals surface area contributed by atoms with Crippen molar-refractivity contribution in [1.82, 2.24) is 15.0 Å². The van der Waals surface area contributed by atoms with E-state index in [2.05, 4.69) is 25.6 Å². The maximum absolute atomic E-state index is 13.9. The minimum absolute atomic E-state index is 0.126. The number of nitrogens with zero attached hydrogens (tertiary/aromatic N) is 3. The van der Waals surface area contributed by atoms with E-state index in [1.807, 2.05) is 6.92 Å². The minimum Gasteiger partial charge on any atom is -0.354 e. The summed E-state index contributed by atoms with van der Waals surface area (Å²) in [6, 6.07) is 6.57. The van der Waals surface area contributed by atoms with Crippen molar-refractivity contribution in [3.8, 4) is 11.3 Å². The highest BCUT2D eigenvalue weighted by Gasteiger charge is 2.15. The lowest BCUT2D eigenvalue weighted by atomic mass is 10.2. The molecular formula is C17H14F3N5. The molecule has 0 aliphatic rings. The molecule has 0 saturated heterocycles. The molecule has 0 radical (unpaired) electrons. The van der Waals surface area contributed by atoms with Crippen molar-refractivity contribution in [3.63, 3.8) is 0 Å². The second kappa shape index (κ2) is 7.16. The van der Waals surface area contributed by atoms with Gasteiger partial charge in [-0.15, -0.1) is 0 Å². The molecule has 5 nitrogen and oxygen atoms in total. The third-order valence-electron chi connectivity index (χ3n) is 3.33. The van der Waals surface area contributed by atoms with Gasteiger partial charge in [-0.25, -0.2) is 18.2 Å². The zero-order chi connectivity index (χ0) is 17.8. The lowest BCUT2D eigenvalue weighted by Gasteiger charge is -2.12. The molecule has 0 unspecified atom stereocenters. The van der Waals surface area contributed by atoms with E-state index in [0.29, 0.717) is 12.2 Å². The molecule has 25 heavy (non-hydrogen) atoms. The molecule has 0 atom stereocenters. The van der Waals surface area contributed by atoms with Gasteiger partial charge in [0.1, 0.15) is 17.3 Å². The third-order valence-corrected chi connectivity index (χ3v) is 3.33. The molecule has 2 heterocycles. The van der Waals surface area contributed by atoms with Gasteiger partial charge < -0.3 is 10.6 Å². The minimum atomic E-state index is -1.31. The van der Waals surface area contributed by atoms with Gasteiger partial charge in [0.05, 0.1) is 5.69 Å². The van der Waals surface area contributed by atoms with E-state index >= 15 is 0 Å². The number of anilines is 3. The summed E-state index contributed by atoms with van der Waals surface area (Å²) in [5.41, 5.74) is 0.662. The molecular weight excluding hydrogens is 331 g/mol. The number of hydrogen-bond donors (Lipinski definition) is 2. The summed E-state index contributed by atoms with van der Waals surface area (Å²) in [7, 11) is 0. The maximum atomic E-state index is 13.9. The summed E-state index contributed by atoms with van der Waals surface area (Å²) < 4.78 is 41.1. The maximum Gasteiger partial charge on any atom is 0.225 e.